The predicted octanol–water partition coefficient (Wildman–Crippen LogP) is 4.82. The molecule has 0 amide bonds. The van der Waals surface area contributed by atoms with Crippen molar-refractivity contribution >= 4 is 11.4 Å². The van der Waals surface area contributed by atoms with Gasteiger partial charge >= 0.3 is 0 Å². The quantitative estimate of drug-likeness (QED) is 0.686. The van der Waals surface area contributed by atoms with E-state index in [2.05, 4.69) is 19.1 Å². The fourth-order valence-electron chi connectivity index (χ4n) is 2.33. The van der Waals surface area contributed by atoms with Gasteiger partial charge in [0.15, 0.2) is 0 Å². The smallest absolute Gasteiger partial charge is 0.119 e. The highest BCUT2D eigenvalue weighted by Gasteiger charge is 2.03. The SMILES string of the molecule is CCCC(Cc1cccc(OC)c1)=Nc1ccc(OC)cc1. The second-order valence-electron chi connectivity index (χ2n) is 5.15. The summed E-state index contributed by atoms with van der Waals surface area (Å²) in [4.78, 5) is 4.79. The summed E-state index contributed by atoms with van der Waals surface area (Å²) in [5.41, 5.74) is 3.37. The number of benzene rings is 2. The summed E-state index contributed by atoms with van der Waals surface area (Å²) in [6.45, 7) is 2.18. The molecule has 0 spiro atoms. The Balaban J connectivity index is 2.18. The first-order valence-corrected chi connectivity index (χ1v) is 7.58. The molecule has 2 rings (SSSR count). The molecule has 2 aromatic rings. The molecule has 0 fully saturated rings. The number of rotatable bonds is 7. The summed E-state index contributed by atoms with van der Waals surface area (Å²) >= 11 is 0. The Morgan fingerprint density at radius 3 is 2.32 bits per heavy atom. The molecule has 0 aromatic heterocycles. The average molecular weight is 297 g/mol. The predicted molar refractivity (Wildman–Crippen MR) is 91.7 cm³/mol. The molecular weight excluding hydrogens is 274 g/mol. The molecule has 0 saturated carbocycles. The number of hydrogen-bond acceptors (Lipinski definition) is 3. The van der Waals surface area contributed by atoms with E-state index >= 15 is 0 Å². The summed E-state index contributed by atoms with van der Waals surface area (Å²) in [5.74, 6) is 1.74. The third kappa shape index (κ3) is 4.62. The van der Waals surface area contributed by atoms with E-state index in [9.17, 15) is 0 Å². The van der Waals surface area contributed by atoms with Crippen LogP contribution in [-0.4, -0.2) is 19.9 Å². The number of hydrogen-bond donors (Lipinski definition) is 0. The van der Waals surface area contributed by atoms with Crippen molar-refractivity contribution in [3.63, 3.8) is 0 Å². The van der Waals surface area contributed by atoms with Crippen molar-refractivity contribution in [2.75, 3.05) is 14.2 Å². The van der Waals surface area contributed by atoms with Crippen molar-refractivity contribution in [1.29, 1.82) is 0 Å². The molecule has 0 saturated heterocycles. The van der Waals surface area contributed by atoms with Gasteiger partial charge in [-0.1, -0.05) is 25.5 Å². The summed E-state index contributed by atoms with van der Waals surface area (Å²) < 4.78 is 10.5. The molecule has 0 aliphatic heterocycles. The molecule has 0 heterocycles. The van der Waals surface area contributed by atoms with Gasteiger partial charge in [-0.05, 0) is 48.4 Å². The minimum Gasteiger partial charge on any atom is -0.497 e. The van der Waals surface area contributed by atoms with Gasteiger partial charge in [0.25, 0.3) is 0 Å². The number of nitrogens with zero attached hydrogens (tertiary/aromatic N) is 1. The molecule has 0 atom stereocenters. The largest absolute Gasteiger partial charge is 0.497 e. The lowest BCUT2D eigenvalue weighted by Crippen LogP contribution is -2.03. The summed E-state index contributed by atoms with van der Waals surface area (Å²) in [5, 5.41) is 0. The Morgan fingerprint density at radius 2 is 1.68 bits per heavy atom. The van der Waals surface area contributed by atoms with E-state index in [4.69, 9.17) is 14.5 Å². The maximum atomic E-state index is 5.29. The Bertz CT molecular complexity index is 618. The van der Waals surface area contributed by atoms with Gasteiger partial charge in [0, 0.05) is 12.1 Å². The second kappa shape index (κ2) is 8.23. The van der Waals surface area contributed by atoms with Crippen molar-refractivity contribution in [3.8, 4) is 11.5 Å². The first kappa shape index (κ1) is 16.1. The number of ether oxygens (including phenoxy) is 2. The van der Waals surface area contributed by atoms with Crippen LogP contribution in [0.5, 0.6) is 11.5 Å². The standard InChI is InChI=1S/C19H23NO2/c1-4-6-17(13-15-7-5-8-19(14-15)22-3)20-16-9-11-18(21-2)12-10-16/h5,7-12,14H,4,6,13H2,1-3H3. The number of aliphatic imine (C=N–C) groups is 1. The van der Waals surface area contributed by atoms with Crippen molar-refractivity contribution in [3.05, 3.63) is 54.1 Å². The van der Waals surface area contributed by atoms with Crippen LogP contribution in [0.3, 0.4) is 0 Å². The lowest BCUT2D eigenvalue weighted by atomic mass is 10.0. The van der Waals surface area contributed by atoms with Gasteiger partial charge in [0.2, 0.25) is 0 Å². The Kier molecular flexibility index (Phi) is 6.01. The van der Waals surface area contributed by atoms with Crippen molar-refractivity contribution in [1.82, 2.24) is 0 Å². The zero-order chi connectivity index (χ0) is 15.8. The van der Waals surface area contributed by atoms with Crippen molar-refractivity contribution in [2.24, 2.45) is 4.99 Å². The van der Waals surface area contributed by atoms with Gasteiger partial charge in [0.05, 0.1) is 19.9 Å². The molecule has 2 aromatic carbocycles. The Labute approximate surface area is 132 Å². The maximum absolute atomic E-state index is 5.29. The minimum absolute atomic E-state index is 0.844. The molecule has 116 valence electrons. The van der Waals surface area contributed by atoms with Crippen LogP contribution in [0.1, 0.15) is 25.3 Å². The maximum Gasteiger partial charge on any atom is 0.119 e. The summed E-state index contributed by atoms with van der Waals surface area (Å²) in [7, 11) is 3.36. The van der Waals surface area contributed by atoms with E-state index in [1.165, 1.54) is 11.3 Å². The molecule has 0 radical (unpaired) electrons. The van der Waals surface area contributed by atoms with Crippen LogP contribution >= 0.6 is 0 Å². The monoisotopic (exact) mass is 297 g/mol. The van der Waals surface area contributed by atoms with Crippen LogP contribution in [0.25, 0.3) is 0 Å². The van der Waals surface area contributed by atoms with Gasteiger partial charge in [-0.25, -0.2) is 0 Å². The molecule has 3 nitrogen and oxygen atoms in total. The molecule has 0 bridgehead atoms. The van der Waals surface area contributed by atoms with Gasteiger partial charge in [-0.15, -0.1) is 0 Å². The zero-order valence-corrected chi connectivity index (χ0v) is 13.5. The van der Waals surface area contributed by atoms with Crippen LogP contribution in [0, 0.1) is 0 Å². The van der Waals surface area contributed by atoms with Crippen LogP contribution < -0.4 is 9.47 Å². The van der Waals surface area contributed by atoms with Gasteiger partial charge in [-0.2, -0.15) is 0 Å². The highest BCUT2D eigenvalue weighted by atomic mass is 16.5. The average Bonchev–Trinajstić information content (AvgIpc) is 2.56. The lowest BCUT2D eigenvalue weighted by Gasteiger charge is -2.08. The molecule has 3 heteroatoms. The summed E-state index contributed by atoms with van der Waals surface area (Å²) in [6.07, 6.45) is 2.92. The van der Waals surface area contributed by atoms with Crippen molar-refractivity contribution < 1.29 is 9.47 Å². The molecule has 0 unspecified atom stereocenters. The fraction of sp³-hybridized carbons (Fsp3) is 0.316. The van der Waals surface area contributed by atoms with Crippen LogP contribution in [0.4, 0.5) is 5.69 Å². The molecule has 22 heavy (non-hydrogen) atoms. The molecular formula is C19H23NO2. The van der Waals surface area contributed by atoms with E-state index in [-0.39, 0.29) is 0 Å². The summed E-state index contributed by atoms with van der Waals surface area (Å²) in [6, 6.07) is 16.0. The first-order chi connectivity index (χ1) is 10.7. The van der Waals surface area contributed by atoms with Crippen molar-refractivity contribution in [2.45, 2.75) is 26.2 Å². The minimum atomic E-state index is 0.844. The molecule has 0 aliphatic carbocycles. The topological polar surface area (TPSA) is 30.8 Å². The third-order valence-electron chi connectivity index (χ3n) is 3.44. The van der Waals surface area contributed by atoms with Gasteiger partial charge in [0.1, 0.15) is 11.5 Å². The lowest BCUT2D eigenvalue weighted by molar-refractivity contribution is 0.414. The van der Waals surface area contributed by atoms with Crippen LogP contribution in [-0.2, 0) is 6.42 Å². The van der Waals surface area contributed by atoms with E-state index in [0.29, 0.717) is 0 Å². The third-order valence-corrected chi connectivity index (χ3v) is 3.44. The van der Waals surface area contributed by atoms with E-state index in [1.807, 2.05) is 36.4 Å². The van der Waals surface area contributed by atoms with Crippen LogP contribution in [0.15, 0.2) is 53.5 Å². The van der Waals surface area contributed by atoms with E-state index in [1.54, 1.807) is 14.2 Å². The normalized spacial score (nSPS) is 11.3. The zero-order valence-electron chi connectivity index (χ0n) is 13.5. The first-order valence-electron chi connectivity index (χ1n) is 7.58. The fourth-order valence-corrected chi connectivity index (χ4v) is 2.33. The Morgan fingerprint density at radius 1 is 0.955 bits per heavy atom. The van der Waals surface area contributed by atoms with Crippen LogP contribution in [0.2, 0.25) is 0 Å². The highest BCUT2D eigenvalue weighted by Crippen LogP contribution is 2.20. The second-order valence-corrected chi connectivity index (χ2v) is 5.15. The molecule has 0 aliphatic rings. The highest BCUT2D eigenvalue weighted by molar-refractivity contribution is 5.88. The van der Waals surface area contributed by atoms with Gasteiger partial charge in [-0.3, -0.25) is 4.99 Å². The Hall–Kier alpha value is -2.29. The molecule has 0 N–H and O–H groups in total. The van der Waals surface area contributed by atoms with E-state index < -0.39 is 0 Å². The number of methoxy groups -OCH3 is 2. The van der Waals surface area contributed by atoms with Gasteiger partial charge < -0.3 is 9.47 Å². The van der Waals surface area contributed by atoms with E-state index in [0.717, 1.165) is 36.4 Å².